The zero-order chi connectivity index (χ0) is 14.0. The fourth-order valence-electron chi connectivity index (χ4n) is 1.70. The summed E-state index contributed by atoms with van der Waals surface area (Å²) in [4.78, 5) is 10.8. The average Bonchev–Trinajstić information content (AvgIpc) is 2.37. The molecule has 5 heteroatoms. The highest BCUT2D eigenvalue weighted by molar-refractivity contribution is 5.89. The SMILES string of the molecule is N#Cc1cc(F)cc(-c2cc(F)cc(C(=O)O)c2)c1. The lowest BCUT2D eigenvalue weighted by Gasteiger charge is -2.05. The van der Waals surface area contributed by atoms with Gasteiger partial charge in [-0.15, -0.1) is 0 Å². The number of carbonyl (C=O) groups is 1. The third-order valence-corrected chi connectivity index (χ3v) is 2.50. The molecule has 0 aliphatic heterocycles. The quantitative estimate of drug-likeness (QED) is 0.900. The summed E-state index contributed by atoms with van der Waals surface area (Å²) in [6.45, 7) is 0. The molecular weight excluding hydrogens is 252 g/mol. The number of nitriles is 1. The van der Waals surface area contributed by atoms with Crippen molar-refractivity contribution in [3.05, 3.63) is 59.2 Å². The number of carboxylic acids is 1. The summed E-state index contributed by atoms with van der Waals surface area (Å²) in [5, 5.41) is 17.6. The van der Waals surface area contributed by atoms with Crippen LogP contribution in [-0.4, -0.2) is 11.1 Å². The summed E-state index contributed by atoms with van der Waals surface area (Å²) in [7, 11) is 0. The topological polar surface area (TPSA) is 61.1 Å². The molecule has 0 radical (unpaired) electrons. The van der Waals surface area contributed by atoms with Crippen LogP contribution >= 0.6 is 0 Å². The van der Waals surface area contributed by atoms with Crippen LogP contribution in [0.5, 0.6) is 0 Å². The lowest BCUT2D eigenvalue weighted by Crippen LogP contribution is -1.98. The van der Waals surface area contributed by atoms with Crippen LogP contribution in [-0.2, 0) is 0 Å². The van der Waals surface area contributed by atoms with E-state index in [1.54, 1.807) is 6.07 Å². The molecule has 3 nitrogen and oxygen atoms in total. The highest BCUT2D eigenvalue weighted by Crippen LogP contribution is 2.24. The molecule has 2 rings (SSSR count). The molecule has 0 saturated carbocycles. The molecule has 19 heavy (non-hydrogen) atoms. The molecular formula is C14H7F2NO2. The first-order chi connectivity index (χ1) is 8.99. The number of aromatic carboxylic acids is 1. The fourth-order valence-corrected chi connectivity index (χ4v) is 1.70. The molecule has 2 aromatic rings. The van der Waals surface area contributed by atoms with E-state index in [9.17, 15) is 13.6 Å². The molecule has 1 N–H and O–H groups in total. The molecule has 0 aliphatic rings. The van der Waals surface area contributed by atoms with Crippen molar-refractivity contribution in [2.24, 2.45) is 0 Å². The van der Waals surface area contributed by atoms with Crippen LogP contribution in [0.15, 0.2) is 36.4 Å². The Hall–Kier alpha value is -2.74. The summed E-state index contributed by atoms with van der Waals surface area (Å²) in [5.41, 5.74) is 0.292. The molecule has 0 aliphatic carbocycles. The van der Waals surface area contributed by atoms with Gasteiger partial charge in [-0.2, -0.15) is 5.26 Å². The second-order valence-electron chi connectivity index (χ2n) is 3.87. The molecule has 0 amide bonds. The van der Waals surface area contributed by atoms with Crippen LogP contribution < -0.4 is 0 Å². The Kier molecular flexibility index (Phi) is 3.25. The Morgan fingerprint density at radius 3 is 2.16 bits per heavy atom. The van der Waals surface area contributed by atoms with Crippen molar-refractivity contribution >= 4 is 5.97 Å². The first-order valence-corrected chi connectivity index (χ1v) is 5.24. The molecule has 2 aromatic carbocycles. The van der Waals surface area contributed by atoms with Gasteiger partial charge in [-0.1, -0.05) is 0 Å². The van der Waals surface area contributed by atoms with E-state index in [4.69, 9.17) is 10.4 Å². The van der Waals surface area contributed by atoms with Gasteiger partial charge in [-0.3, -0.25) is 0 Å². The number of hydrogen-bond acceptors (Lipinski definition) is 2. The molecule has 94 valence electrons. The normalized spacial score (nSPS) is 9.95. The second kappa shape index (κ2) is 4.86. The predicted octanol–water partition coefficient (Wildman–Crippen LogP) is 3.20. The van der Waals surface area contributed by atoms with Crippen LogP contribution in [0.4, 0.5) is 8.78 Å². The number of rotatable bonds is 2. The van der Waals surface area contributed by atoms with Gasteiger partial charge in [0, 0.05) is 0 Å². The third kappa shape index (κ3) is 2.75. The van der Waals surface area contributed by atoms with Crippen molar-refractivity contribution in [1.29, 1.82) is 5.26 Å². The Morgan fingerprint density at radius 2 is 1.58 bits per heavy atom. The molecule has 0 unspecified atom stereocenters. The first-order valence-electron chi connectivity index (χ1n) is 5.24. The van der Waals surface area contributed by atoms with Gasteiger partial charge in [0.2, 0.25) is 0 Å². The van der Waals surface area contributed by atoms with Crippen molar-refractivity contribution in [2.45, 2.75) is 0 Å². The minimum absolute atomic E-state index is 0.0798. The van der Waals surface area contributed by atoms with Crippen molar-refractivity contribution in [2.75, 3.05) is 0 Å². The Labute approximate surface area is 107 Å². The third-order valence-electron chi connectivity index (χ3n) is 2.50. The van der Waals surface area contributed by atoms with Crippen LogP contribution in [0, 0.1) is 23.0 Å². The number of carboxylic acid groups (broad SMARTS) is 1. The average molecular weight is 259 g/mol. The van der Waals surface area contributed by atoms with E-state index in [0.717, 1.165) is 24.3 Å². The summed E-state index contributed by atoms with van der Waals surface area (Å²) in [6.07, 6.45) is 0. The van der Waals surface area contributed by atoms with Gasteiger partial charge in [-0.05, 0) is 47.5 Å². The number of nitrogens with zero attached hydrogens (tertiary/aromatic N) is 1. The number of halogens is 2. The predicted molar refractivity (Wildman–Crippen MR) is 63.5 cm³/mol. The van der Waals surface area contributed by atoms with Crippen LogP contribution in [0.2, 0.25) is 0 Å². The summed E-state index contributed by atoms with van der Waals surface area (Å²) >= 11 is 0. The maximum Gasteiger partial charge on any atom is 0.335 e. The lowest BCUT2D eigenvalue weighted by atomic mass is 10.0. The smallest absolute Gasteiger partial charge is 0.335 e. The molecule has 0 saturated heterocycles. The minimum Gasteiger partial charge on any atom is -0.478 e. The number of benzene rings is 2. The maximum absolute atomic E-state index is 13.3. The summed E-state index contributed by atoms with van der Waals surface area (Å²) in [6, 6.07) is 8.48. The van der Waals surface area contributed by atoms with Gasteiger partial charge in [-0.25, -0.2) is 13.6 Å². The monoisotopic (exact) mass is 259 g/mol. The molecule has 0 bridgehead atoms. The van der Waals surface area contributed by atoms with Crippen molar-refractivity contribution in [3.8, 4) is 17.2 Å². The summed E-state index contributed by atoms with van der Waals surface area (Å²) in [5.74, 6) is -2.66. The zero-order valence-corrected chi connectivity index (χ0v) is 9.52. The molecule has 0 fully saturated rings. The van der Waals surface area contributed by atoms with Gasteiger partial charge >= 0.3 is 5.97 Å². The molecule has 0 spiro atoms. The van der Waals surface area contributed by atoms with E-state index in [1.165, 1.54) is 12.1 Å². The van der Waals surface area contributed by atoms with E-state index < -0.39 is 17.6 Å². The van der Waals surface area contributed by atoms with Gasteiger partial charge in [0.05, 0.1) is 17.2 Å². The molecule has 0 atom stereocenters. The van der Waals surface area contributed by atoms with Gasteiger partial charge in [0.1, 0.15) is 11.6 Å². The van der Waals surface area contributed by atoms with Crippen LogP contribution in [0.3, 0.4) is 0 Å². The van der Waals surface area contributed by atoms with Crippen molar-refractivity contribution < 1.29 is 18.7 Å². The van der Waals surface area contributed by atoms with Crippen LogP contribution in [0.25, 0.3) is 11.1 Å². The van der Waals surface area contributed by atoms with E-state index in [-0.39, 0.29) is 22.3 Å². The zero-order valence-electron chi connectivity index (χ0n) is 9.52. The number of hydrogen-bond donors (Lipinski definition) is 1. The molecule has 0 heterocycles. The highest BCUT2D eigenvalue weighted by atomic mass is 19.1. The van der Waals surface area contributed by atoms with E-state index in [1.807, 2.05) is 0 Å². The first kappa shape index (κ1) is 12.7. The van der Waals surface area contributed by atoms with E-state index >= 15 is 0 Å². The Balaban J connectivity index is 2.62. The maximum atomic E-state index is 13.3. The van der Waals surface area contributed by atoms with E-state index in [0.29, 0.717) is 0 Å². The van der Waals surface area contributed by atoms with Gasteiger partial charge in [0.15, 0.2) is 0 Å². The fraction of sp³-hybridized carbons (Fsp3) is 0. The largest absolute Gasteiger partial charge is 0.478 e. The second-order valence-corrected chi connectivity index (χ2v) is 3.87. The lowest BCUT2D eigenvalue weighted by molar-refractivity contribution is 0.0696. The van der Waals surface area contributed by atoms with E-state index in [2.05, 4.69) is 0 Å². The Bertz CT molecular complexity index is 705. The van der Waals surface area contributed by atoms with Crippen molar-refractivity contribution in [1.82, 2.24) is 0 Å². The highest BCUT2D eigenvalue weighted by Gasteiger charge is 2.10. The van der Waals surface area contributed by atoms with Gasteiger partial charge in [0.25, 0.3) is 0 Å². The van der Waals surface area contributed by atoms with Gasteiger partial charge < -0.3 is 5.11 Å². The minimum atomic E-state index is -1.28. The standard InChI is InChI=1S/C14H7F2NO2/c15-12-2-8(7-17)1-9(4-12)10-3-11(14(18)19)6-13(16)5-10/h1-6H,(H,18,19). The van der Waals surface area contributed by atoms with Crippen LogP contribution in [0.1, 0.15) is 15.9 Å². The van der Waals surface area contributed by atoms with Crippen molar-refractivity contribution in [3.63, 3.8) is 0 Å². The summed E-state index contributed by atoms with van der Waals surface area (Å²) < 4.78 is 26.6. The Morgan fingerprint density at radius 1 is 1.00 bits per heavy atom. The molecule has 0 aromatic heterocycles.